The van der Waals surface area contributed by atoms with Crippen LogP contribution in [0.4, 0.5) is 5.69 Å². The molecule has 0 aromatic carbocycles. The van der Waals surface area contributed by atoms with E-state index in [-0.39, 0.29) is 5.97 Å². The topological polar surface area (TPSA) is 95.9 Å². The lowest BCUT2D eigenvalue weighted by Crippen LogP contribution is -2.10. The van der Waals surface area contributed by atoms with Crippen LogP contribution in [0.5, 0.6) is 0 Å². The summed E-state index contributed by atoms with van der Waals surface area (Å²) in [7, 11) is 1.88. The number of thiophene rings is 1. The first-order valence-corrected chi connectivity index (χ1v) is 10.6. The van der Waals surface area contributed by atoms with E-state index in [0.717, 1.165) is 39.7 Å². The van der Waals surface area contributed by atoms with Crippen LogP contribution in [0.25, 0.3) is 32.5 Å². The number of ether oxygens (including phenoxy) is 1. The van der Waals surface area contributed by atoms with Gasteiger partial charge in [0.05, 0.1) is 18.0 Å². The lowest BCUT2D eigenvalue weighted by atomic mass is 9.78. The number of rotatable bonds is 4. The molecule has 4 heterocycles. The van der Waals surface area contributed by atoms with Gasteiger partial charge in [0.2, 0.25) is 0 Å². The van der Waals surface area contributed by atoms with E-state index >= 15 is 0 Å². The highest BCUT2D eigenvalue weighted by atomic mass is 32.1. The number of anilines is 1. The average molecular weight is 407 g/mol. The zero-order valence-corrected chi connectivity index (χ0v) is 17.1. The molecule has 2 N–H and O–H groups in total. The van der Waals surface area contributed by atoms with Crippen molar-refractivity contribution >= 4 is 44.2 Å². The van der Waals surface area contributed by atoms with E-state index < -0.39 is 0 Å². The van der Waals surface area contributed by atoms with Gasteiger partial charge in [-0.3, -0.25) is 4.68 Å². The van der Waals surface area contributed by atoms with Gasteiger partial charge in [0.15, 0.2) is 5.65 Å². The van der Waals surface area contributed by atoms with Gasteiger partial charge in [0, 0.05) is 35.8 Å². The molecule has 8 heteroatoms. The van der Waals surface area contributed by atoms with E-state index in [1.807, 2.05) is 13.2 Å². The van der Waals surface area contributed by atoms with Crippen LogP contribution in [-0.4, -0.2) is 32.3 Å². The summed E-state index contributed by atoms with van der Waals surface area (Å²) in [5.41, 5.74) is 10.5. The third-order valence-corrected chi connectivity index (χ3v) is 6.58. The summed E-state index contributed by atoms with van der Waals surface area (Å²) in [4.78, 5) is 22.9. The summed E-state index contributed by atoms with van der Waals surface area (Å²) in [5.74, 6) is 0.0637. The summed E-state index contributed by atoms with van der Waals surface area (Å²) in [6.07, 6.45) is 7.21. The summed E-state index contributed by atoms with van der Waals surface area (Å²) in [5, 5.41) is 6.21. The fourth-order valence-corrected chi connectivity index (χ4v) is 4.88. The number of carbonyl (C=O) groups is 1. The number of nitrogen functional groups attached to an aromatic ring is 1. The first kappa shape index (κ1) is 18.1. The van der Waals surface area contributed by atoms with E-state index in [1.54, 1.807) is 17.8 Å². The van der Waals surface area contributed by atoms with E-state index in [2.05, 4.69) is 22.2 Å². The van der Waals surface area contributed by atoms with Gasteiger partial charge in [-0.2, -0.15) is 5.10 Å². The van der Waals surface area contributed by atoms with Gasteiger partial charge in [-0.15, -0.1) is 11.3 Å². The van der Waals surface area contributed by atoms with Crippen molar-refractivity contribution in [2.24, 2.45) is 7.05 Å². The molecular formula is C21H21N5O2S. The zero-order chi connectivity index (χ0) is 20.1. The van der Waals surface area contributed by atoms with Crippen LogP contribution >= 0.6 is 11.3 Å². The van der Waals surface area contributed by atoms with Crippen molar-refractivity contribution in [2.45, 2.75) is 32.1 Å². The number of fused-ring (bicyclic) bond motifs is 2. The molecule has 7 nitrogen and oxygen atoms in total. The van der Waals surface area contributed by atoms with Crippen molar-refractivity contribution in [1.82, 2.24) is 19.7 Å². The second-order valence-electron chi connectivity index (χ2n) is 7.41. The Bertz CT molecular complexity index is 1260. The van der Waals surface area contributed by atoms with Crippen molar-refractivity contribution < 1.29 is 9.53 Å². The summed E-state index contributed by atoms with van der Waals surface area (Å²) in [6.45, 7) is 2.11. The first-order chi connectivity index (χ1) is 14.0. The van der Waals surface area contributed by atoms with Gasteiger partial charge in [-0.05, 0) is 43.4 Å². The molecular weight excluding hydrogens is 386 g/mol. The van der Waals surface area contributed by atoms with Crippen molar-refractivity contribution in [3.8, 4) is 11.3 Å². The molecule has 0 bridgehead atoms. The Labute approximate surface area is 171 Å². The van der Waals surface area contributed by atoms with E-state index in [0.29, 0.717) is 28.7 Å². The number of aromatic nitrogens is 4. The molecule has 0 unspecified atom stereocenters. The summed E-state index contributed by atoms with van der Waals surface area (Å²) in [6, 6.07) is 4.17. The van der Waals surface area contributed by atoms with Crippen LogP contribution in [0.1, 0.15) is 47.3 Å². The maximum Gasteiger partial charge on any atom is 0.350 e. The van der Waals surface area contributed by atoms with Crippen LogP contribution in [0.3, 0.4) is 0 Å². The van der Waals surface area contributed by atoms with Gasteiger partial charge < -0.3 is 10.5 Å². The highest BCUT2D eigenvalue weighted by Crippen LogP contribution is 2.45. The maximum atomic E-state index is 12.4. The minimum atomic E-state index is -0.382. The van der Waals surface area contributed by atoms with Crippen LogP contribution in [-0.2, 0) is 11.8 Å². The summed E-state index contributed by atoms with van der Waals surface area (Å²) < 4.78 is 6.94. The third kappa shape index (κ3) is 2.95. The molecule has 0 amide bonds. The number of hydrogen-bond acceptors (Lipinski definition) is 7. The molecule has 1 saturated carbocycles. The fraction of sp³-hybridized carbons (Fsp3) is 0.333. The normalized spacial score (nSPS) is 14.4. The molecule has 29 heavy (non-hydrogen) atoms. The molecule has 4 aromatic heterocycles. The number of carbonyl (C=O) groups excluding carboxylic acids is 1. The largest absolute Gasteiger partial charge is 0.462 e. The number of nitrogens with two attached hydrogens (primary N) is 1. The SMILES string of the molecule is CCOC(=O)c1sc2nc(-c3cnc4nn(C)cc4c3)cc(C3CCC3)c2c1N. The molecule has 1 fully saturated rings. The minimum Gasteiger partial charge on any atom is -0.462 e. The molecule has 0 aliphatic heterocycles. The van der Waals surface area contributed by atoms with E-state index in [1.165, 1.54) is 23.3 Å². The number of esters is 1. The van der Waals surface area contributed by atoms with Crippen molar-refractivity contribution in [3.63, 3.8) is 0 Å². The van der Waals surface area contributed by atoms with E-state index in [4.69, 9.17) is 15.5 Å². The highest BCUT2D eigenvalue weighted by molar-refractivity contribution is 7.21. The van der Waals surface area contributed by atoms with Crippen LogP contribution < -0.4 is 5.73 Å². The van der Waals surface area contributed by atoms with Gasteiger partial charge in [0.25, 0.3) is 0 Å². The summed E-state index contributed by atoms with van der Waals surface area (Å²) >= 11 is 1.31. The predicted octanol–water partition coefficient (Wildman–Crippen LogP) is 4.27. The first-order valence-electron chi connectivity index (χ1n) is 9.75. The Kier molecular flexibility index (Phi) is 4.24. The number of hydrogen-bond donors (Lipinski definition) is 1. The lowest BCUT2D eigenvalue weighted by molar-refractivity contribution is 0.0533. The van der Waals surface area contributed by atoms with Gasteiger partial charge in [-0.25, -0.2) is 14.8 Å². The minimum absolute atomic E-state index is 0.317. The van der Waals surface area contributed by atoms with Gasteiger partial charge >= 0.3 is 5.97 Å². The van der Waals surface area contributed by atoms with Crippen molar-refractivity contribution in [1.29, 1.82) is 0 Å². The molecule has 1 aliphatic rings. The monoisotopic (exact) mass is 407 g/mol. The van der Waals surface area contributed by atoms with Gasteiger partial charge in [-0.1, -0.05) is 6.42 Å². The third-order valence-electron chi connectivity index (χ3n) is 5.50. The van der Waals surface area contributed by atoms with Crippen LogP contribution in [0.15, 0.2) is 24.5 Å². The molecule has 1 aliphatic carbocycles. The number of nitrogens with zero attached hydrogens (tertiary/aromatic N) is 4. The number of pyridine rings is 2. The Balaban J connectivity index is 1.70. The molecule has 0 spiro atoms. The van der Waals surface area contributed by atoms with Crippen LogP contribution in [0.2, 0.25) is 0 Å². The molecule has 5 rings (SSSR count). The second kappa shape index (κ2) is 6.81. The Hall–Kier alpha value is -3.00. The fourth-order valence-electron chi connectivity index (χ4n) is 3.86. The molecule has 148 valence electrons. The quantitative estimate of drug-likeness (QED) is 0.508. The Morgan fingerprint density at radius 2 is 2.21 bits per heavy atom. The Morgan fingerprint density at radius 3 is 2.93 bits per heavy atom. The molecule has 4 aromatic rings. The molecule has 0 atom stereocenters. The van der Waals surface area contributed by atoms with E-state index in [9.17, 15) is 4.79 Å². The highest BCUT2D eigenvalue weighted by Gasteiger charge is 2.28. The average Bonchev–Trinajstić information content (AvgIpc) is 3.19. The predicted molar refractivity (Wildman–Crippen MR) is 114 cm³/mol. The molecule has 0 radical (unpaired) electrons. The molecule has 0 saturated heterocycles. The van der Waals surface area contributed by atoms with Crippen molar-refractivity contribution in [2.75, 3.05) is 12.3 Å². The Morgan fingerprint density at radius 1 is 1.38 bits per heavy atom. The van der Waals surface area contributed by atoms with Crippen molar-refractivity contribution in [3.05, 3.63) is 35.0 Å². The zero-order valence-electron chi connectivity index (χ0n) is 16.3. The second-order valence-corrected chi connectivity index (χ2v) is 8.41. The van der Waals surface area contributed by atoms with Crippen LogP contribution in [0, 0.1) is 0 Å². The standard InChI is InChI=1S/C21H21N5O2S/c1-3-28-21(27)18-17(22)16-14(11-5-4-6-11)8-15(24-20(16)29-18)12-7-13-10-26(2)25-19(13)23-9-12/h7-11H,3-6,22H2,1-2H3. The lowest BCUT2D eigenvalue weighted by Gasteiger charge is -2.27. The smallest absolute Gasteiger partial charge is 0.350 e. The number of aryl methyl sites for hydroxylation is 1. The maximum absolute atomic E-state index is 12.4. The van der Waals surface area contributed by atoms with Gasteiger partial charge in [0.1, 0.15) is 9.71 Å².